The lowest BCUT2D eigenvalue weighted by molar-refractivity contribution is -0.135. The Bertz CT molecular complexity index is 2080. The van der Waals surface area contributed by atoms with Crippen LogP contribution in [-0.4, -0.2) is 33.7 Å². The number of benzene rings is 2. The zero-order valence-corrected chi connectivity index (χ0v) is 46.3. The molecule has 0 fully saturated rings. The van der Waals surface area contributed by atoms with E-state index < -0.39 is 57.1 Å². The molecule has 1 heterocycles. The summed E-state index contributed by atoms with van der Waals surface area (Å²) in [6, 6.07) is 5.79. The number of phenolic OH excluding ortho intramolecular Hbond substituents is 2. The molecule has 0 saturated heterocycles. The Morgan fingerprint density at radius 1 is 0.411 bits per heavy atom. The SMILES string of the molecule is CCCCCCCCCCCC(=O)Oc1c(-c2ccc(O)cc2)oc2c(C(=O)CCCCCCCCCCC)c(O)c(C(=O)CCCCCCCCCCC)c(OC(=O)CCCCCCCCCCC)c2c1=O. The molecule has 2 aromatic carbocycles. The Morgan fingerprint density at radius 2 is 0.726 bits per heavy atom. The molecule has 0 amide bonds. The zero-order chi connectivity index (χ0) is 52.9. The highest BCUT2D eigenvalue weighted by Gasteiger charge is 2.35. The Morgan fingerprint density at radius 3 is 1.10 bits per heavy atom. The summed E-state index contributed by atoms with van der Waals surface area (Å²) in [5, 5.41) is 22.2. The summed E-state index contributed by atoms with van der Waals surface area (Å²) >= 11 is 0. The van der Waals surface area contributed by atoms with Crippen molar-refractivity contribution in [3.8, 4) is 34.3 Å². The fourth-order valence-corrected chi connectivity index (χ4v) is 9.81. The molecule has 3 aromatic rings. The van der Waals surface area contributed by atoms with Gasteiger partial charge in [0.25, 0.3) is 0 Å². The van der Waals surface area contributed by atoms with E-state index in [4.69, 9.17) is 13.9 Å². The van der Waals surface area contributed by atoms with Crippen molar-refractivity contribution >= 4 is 34.5 Å². The van der Waals surface area contributed by atoms with Crippen molar-refractivity contribution in [1.82, 2.24) is 0 Å². The van der Waals surface area contributed by atoms with Gasteiger partial charge in [0, 0.05) is 31.2 Å². The highest BCUT2D eigenvalue weighted by atomic mass is 16.5. The number of carbonyl (C=O) groups is 4. The van der Waals surface area contributed by atoms with Crippen LogP contribution in [0.15, 0.2) is 33.5 Å². The monoisotopic (exact) mass is 1010 g/mol. The second kappa shape index (κ2) is 39.0. The van der Waals surface area contributed by atoms with Gasteiger partial charge in [-0.1, -0.05) is 233 Å². The fraction of sp³-hybridized carbons (Fsp3) is 0.698. The molecule has 0 saturated carbocycles. The maximum atomic E-state index is 15.3. The van der Waals surface area contributed by atoms with Crippen molar-refractivity contribution in [3.05, 3.63) is 45.6 Å². The molecule has 10 nitrogen and oxygen atoms in total. The molecule has 0 radical (unpaired) electrons. The third-order valence-corrected chi connectivity index (χ3v) is 14.3. The largest absolute Gasteiger partial charge is 0.508 e. The van der Waals surface area contributed by atoms with Gasteiger partial charge in [-0.05, 0) is 49.9 Å². The second-order valence-electron chi connectivity index (χ2n) is 20.9. The molecule has 0 aliphatic heterocycles. The van der Waals surface area contributed by atoms with E-state index in [1.807, 2.05) is 0 Å². The average Bonchev–Trinajstić information content (AvgIpc) is 3.37. The molecule has 0 aliphatic carbocycles. The molecule has 0 bridgehead atoms. The lowest BCUT2D eigenvalue weighted by Gasteiger charge is -2.19. The van der Waals surface area contributed by atoms with Gasteiger partial charge in [0.2, 0.25) is 11.2 Å². The van der Waals surface area contributed by atoms with Gasteiger partial charge in [0.15, 0.2) is 28.7 Å². The summed E-state index contributed by atoms with van der Waals surface area (Å²) in [7, 11) is 0. The van der Waals surface area contributed by atoms with Crippen molar-refractivity contribution in [3.63, 3.8) is 0 Å². The van der Waals surface area contributed by atoms with Crippen LogP contribution in [0, 0.1) is 0 Å². The van der Waals surface area contributed by atoms with Crippen molar-refractivity contribution in [2.45, 2.75) is 285 Å². The van der Waals surface area contributed by atoms with Gasteiger partial charge in [0.1, 0.15) is 28.0 Å². The van der Waals surface area contributed by atoms with Crippen LogP contribution in [-0.2, 0) is 9.59 Å². The molecule has 1 aromatic heterocycles. The topological polar surface area (TPSA) is 157 Å². The molecule has 0 atom stereocenters. The van der Waals surface area contributed by atoms with Crippen molar-refractivity contribution in [2.75, 3.05) is 0 Å². The summed E-state index contributed by atoms with van der Waals surface area (Å²) in [6.45, 7) is 8.79. The van der Waals surface area contributed by atoms with E-state index in [0.29, 0.717) is 25.7 Å². The summed E-state index contributed by atoms with van der Waals surface area (Å²) in [5.74, 6) is -4.35. The predicted octanol–water partition coefficient (Wildman–Crippen LogP) is 18.7. The molecule has 2 N–H and O–H groups in total. The van der Waals surface area contributed by atoms with E-state index in [2.05, 4.69) is 27.7 Å². The molecular formula is C63H98O10. The summed E-state index contributed by atoms with van der Waals surface area (Å²) < 4.78 is 18.6. The highest BCUT2D eigenvalue weighted by molar-refractivity contribution is 6.17. The Labute approximate surface area is 440 Å². The maximum Gasteiger partial charge on any atom is 0.311 e. The lowest BCUT2D eigenvalue weighted by Crippen LogP contribution is -2.20. The first kappa shape index (κ1) is 62.8. The quantitative estimate of drug-likeness (QED) is 0.0242. The minimum absolute atomic E-state index is 0.000765. The number of ether oxygens (including phenoxy) is 2. The Kier molecular flexibility index (Phi) is 33.6. The van der Waals surface area contributed by atoms with Crippen LogP contribution in [0.2, 0.25) is 0 Å². The van der Waals surface area contributed by atoms with E-state index in [-0.39, 0.29) is 53.9 Å². The van der Waals surface area contributed by atoms with Gasteiger partial charge in [-0.25, -0.2) is 0 Å². The van der Waals surface area contributed by atoms with Crippen LogP contribution in [0.1, 0.15) is 305 Å². The van der Waals surface area contributed by atoms with E-state index >= 15 is 4.79 Å². The van der Waals surface area contributed by atoms with Crippen LogP contribution >= 0.6 is 0 Å². The smallest absolute Gasteiger partial charge is 0.311 e. The normalized spacial score (nSPS) is 11.4. The molecule has 0 unspecified atom stereocenters. The molecular weight excluding hydrogens is 917 g/mol. The molecule has 3 rings (SSSR count). The van der Waals surface area contributed by atoms with E-state index in [1.54, 1.807) is 0 Å². The molecule has 10 heteroatoms. The first-order valence-electron chi connectivity index (χ1n) is 29.8. The average molecular weight is 1020 g/mol. The van der Waals surface area contributed by atoms with E-state index in [9.17, 15) is 29.4 Å². The Hall–Kier alpha value is -4.47. The van der Waals surface area contributed by atoms with Gasteiger partial charge in [-0.15, -0.1) is 0 Å². The van der Waals surface area contributed by atoms with Crippen molar-refractivity contribution < 1.29 is 43.3 Å². The number of Topliss-reactive ketones (excluding diaryl/α,β-unsaturated/α-hetero) is 2. The standard InChI is InChI=1S/C63H98O10/c1-5-9-13-17-21-25-29-33-37-41-51(65)55-58(69)56(52(66)42-38-34-30-26-22-18-14-10-6-2)62-57(61(55)71-53(67)43-39-35-31-27-23-19-15-11-7-3)59(70)63(60(73-62)49-45-47-50(64)48-46-49)72-54(68)44-40-36-32-28-24-20-16-12-8-4/h45-48,64,69H,5-44H2,1-4H3. The summed E-state index contributed by atoms with van der Waals surface area (Å²) in [5.41, 5.74) is -1.75. The second-order valence-corrected chi connectivity index (χ2v) is 20.9. The number of esters is 2. The molecule has 0 aliphatic rings. The van der Waals surface area contributed by atoms with Crippen LogP contribution in [0.5, 0.6) is 23.0 Å². The number of fused-ring (bicyclic) bond motifs is 1. The maximum absolute atomic E-state index is 15.3. The van der Waals surface area contributed by atoms with Crippen molar-refractivity contribution in [2.24, 2.45) is 0 Å². The number of ketones is 2. The number of carbonyl (C=O) groups excluding carboxylic acids is 4. The van der Waals surface area contributed by atoms with Gasteiger partial charge >= 0.3 is 11.9 Å². The minimum Gasteiger partial charge on any atom is -0.508 e. The number of phenols is 2. The zero-order valence-electron chi connectivity index (χ0n) is 46.3. The van der Waals surface area contributed by atoms with Gasteiger partial charge < -0.3 is 24.1 Å². The predicted molar refractivity (Wildman–Crippen MR) is 299 cm³/mol. The minimum atomic E-state index is -0.912. The van der Waals surface area contributed by atoms with Crippen molar-refractivity contribution in [1.29, 1.82) is 0 Å². The summed E-state index contributed by atoms with van der Waals surface area (Å²) in [6.07, 6.45) is 37.1. The summed E-state index contributed by atoms with van der Waals surface area (Å²) in [4.78, 5) is 72.1. The number of hydrogen-bond donors (Lipinski definition) is 2. The molecule has 0 spiro atoms. The first-order chi connectivity index (χ1) is 35.6. The number of aromatic hydroxyl groups is 2. The Balaban J connectivity index is 2.12. The van der Waals surface area contributed by atoms with Crippen LogP contribution in [0.4, 0.5) is 0 Å². The number of hydrogen-bond acceptors (Lipinski definition) is 10. The third kappa shape index (κ3) is 24.2. The van der Waals surface area contributed by atoms with E-state index in [1.165, 1.54) is 127 Å². The molecule has 73 heavy (non-hydrogen) atoms. The van der Waals surface area contributed by atoms with Crippen LogP contribution in [0.25, 0.3) is 22.3 Å². The van der Waals surface area contributed by atoms with Gasteiger partial charge in [-0.3, -0.25) is 24.0 Å². The van der Waals surface area contributed by atoms with Gasteiger partial charge in [-0.2, -0.15) is 0 Å². The first-order valence-corrected chi connectivity index (χ1v) is 29.8. The third-order valence-electron chi connectivity index (χ3n) is 14.3. The highest BCUT2D eigenvalue weighted by Crippen LogP contribution is 2.44. The molecule has 410 valence electrons. The fourth-order valence-electron chi connectivity index (χ4n) is 9.81. The van der Waals surface area contributed by atoms with Gasteiger partial charge in [0.05, 0.1) is 0 Å². The lowest BCUT2D eigenvalue weighted by atomic mass is 9.92. The van der Waals surface area contributed by atoms with E-state index in [0.717, 1.165) is 103 Å². The van der Waals surface area contributed by atoms with Crippen LogP contribution < -0.4 is 14.9 Å². The van der Waals surface area contributed by atoms with Crippen LogP contribution in [0.3, 0.4) is 0 Å². The number of unbranched alkanes of at least 4 members (excludes halogenated alkanes) is 32. The number of rotatable bonds is 45.